The number of esters is 1. The van der Waals surface area contributed by atoms with E-state index in [1.807, 2.05) is 38.7 Å². The van der Waals surface area contributed by atoms with E-state index in [0.29, 0.717) is 42.4 Å². The fourth-order valence-electron chi connectivity index (χ4n) is 5.62. The molecule has 0 fully saturated rings. The molecule has 1 aliphatic heterocycles. The number of aromatic hydroxyl groups is 1. The van der Waals surface area contributed by atoms with Crippen molar-refractivity contribution in [2.75, 3.05) is 13.2 Å². The zero-order valence-corrected chi connectivity index (χ0v) is 20.2. The average Bonchev–Trinajstić information content (AvgIpc) is 2.68. The molecule has 1 N–H and O–H groups in total. The summed E-state index contributed by atoms with van der Waals surface area (Å²) in [5, 5.41) is 10.7. The molecule has 4 rings (SSSR count). The first-order valence-corrected chi connectivity index (χ1v) is 11.7. The van der Waals surface area contributed by atoms with Crippen LogP contribution in [0.25, 0.3) is 0 Å². The number of para-hydroxylation sites is 1. The molecule has 0 amide bonds. The van der Waals surface area contributed by atoms with Gasteiger partial charge in [-0.25, -0.2) is 0 Å². The highest BCUT2D eigenvalue weighted by Gasteiger charge is 2.49. The molecule has 6 nitrogen and oxygen atoms in total. The minimum atomic E-state index is -0.623. The molecule has 0 atom stereocenters. The molecular weight excluding hydrogens is 418 g/mol. The fraction of sp³-hybridized carbons (Fsp3) is 0.519. The molecule has 1 aromatic carbocycles. The number of benzene rings is 1. The summed E-state index contributed by atoms with van der Waals surface area (Å²) in [6, 6.07) is 6.93. The van der Waals surface area contributed by atoms with Crippen LogP contribution in [0.2, 0.25) is 0 Å². The molecule has 33 heavy (non-hydrogen) atoms. The van der Waals surface area contributed by atoms with Crippen molar-refractivity contribution in [3.05, 3.63) is 52.4 Å². The number of nitrogens with zero attached hydrogens (tertiary/aromatic N) is 1. The minimum Gasteiger partial charge on any atom is -0.508 e. The number of ketones is 2. The van der Waals surface area contributed by atoms with E-state index in [4.69, 9.17) is 4.74 Å². The van der Waals surface area contributed by atoms with Crippen molar-refractivity contribution in [3.63, 3.8) is 0 Å². The Labute approximate surface area is 195 Å². The normalized spacial score (nSPS) is 22.3. The third kappa shape index (κ3) is 4.23. The number of phenolic OH excluding ortho intramolecular Hbond substituents is 1. The second-order valence-electron chi connectivity index (χ2n) is 11.0. The number of hydrogen-bond donors (Lipinski definition) is 1. The third-order valence-corrected chi connectivity index (χ3v) is 6.86. The van der Waals surface area contributed by atoms with Crippen molar-refractivity contribution >= 4 is 17.5 Å². The van der Waals surface area contributed by atoms with Gasteiger partial charge in [-0.1, -0.05) is 45.9 Å². The average molecular weight is 452 g/mol. The molecule has 176 valence electrons. The SMILES string of the molecule is CCOC(=O)CN1C2=C(C(=O)CC(C)(C)C2)C(c2ccccc2O)C2=C1CC(C)(C)CC2=O. The summed E-state index contributed by atoms with van der Waals surface area (Å²) in [7, 11) is 0. The highest BCUT2D eigenvalue weighted by molar-refractivity contribution is 6.07. The monoisotopic (exact) mass is 451 g/mol. The Hall–Kier alpha value is -2.89. The minimum absolute atomic E-state index is 0.0347. The molecule has 6 heteroatoms. The highest BCUT2D eigenvalue weighted by Crippen LogP contribution is 2.55. The first-order chi connectivity index (χ1) is 15.4. The van der Waals surface area contributed by atoms with Crippen LogP contribution in [0.5, 0.6) is 5.75 Å². The molecule has 0 unspecified atom stereocenters. The number of rotatable bonds is 4. The first-order valence-electron chi connectivity index (χ1n) is 11.7. The van der Waals surface area contributed by atoms with Gasteiger partial charge in [0.25, 0.3) is 0 Å². The number of carbonyl (C=O) groups is 3. The van der Waals surface area contributed by atoms with Crippen molar-refractivity contribution in [3.8, 4) is 5.75 Å². The highest BCUT2D eigenvalue weighted by atomic mass is 16.5. The maximum absolute atomic E-state index is 13.6. The lowest BCUT2D eigenvalue weighted by Crippen LogP contribution is -2.46. The van der Waals surface area contributed by atoms with Crippen molar-refractivity contribution in [2.24, 2.45) is 10.8 Å². The lowest BCUT2D eigenvalue weighted by molar-refractivity contribution is -0.144. The van der Waals surface area contributed by atoms with Gasteiger partial charge in [-0.05, 0) is 36.7 Å². The van der Waals surface area contributed by atoms with Gasteiger partial charge in [0.1, 0.15) is 12.3 Å². The molecule has 0 saturated heterocycles. The Bertz CT molecular complexity index is 1040. The third-order valence-electron chi connectivity index (χ3n) is 6.86. The van der Waals surface area contributed by atoms with E-state index >= 15 is 0 Å². The maximum atomic E-state index is 13.6. The summed E-state index contributed by atoms with van der Waals surface area (Å²) in [6.45, 7) is 10.2. The summed E-state index contributed by atoms with van der Waals surface area (Å²) < 4.78 is 5.26. The Morgan fingerprint density at radius 1 is 0.970 bits per heavy atom. The van der Waals surface area contributed by atoms with Gasteiger partial charge in [-0.2, -0.15) is 0 Å². The van der Waals surface area contributed by atoms with E-state index in [0.717, 1.165) is 11.4 Å². The molecule has 1 heterocycles. The Morgan fingerprint density at radius 3 is 1.97 bits per heavy atom. The van der Waals surface area contributed by atoms with Crippen LogP contribution in [0.4, 0.5) is 0 Å². The lowest BCUT2D eigenvalue weighted by Gasteiger charge is -2.48. The molecule has 3 aliphatic rings. The van der Waals surface area contributed by atoms with E-state index in [1.165, 1.54) is 0 Å². The van der Waals surface area contributed by atoms with Crippen molar-refractivity contribution in [1.82, 2.24) is 4.90 Å². The quantitative estimate of drug-likeness (QED) is 0.672. The first kappa shape index (κ1) is 23.3. The van der Waals surface area contributed by atoms with Gasteiger partial charge < -0.3 is 14.7 Å². The van der Waals surface area contributed by atoms with Crippen molar-refractivity contribution < 1.29 is 24.2 Å². The largest absolute Gasteiger partial charge is 0.508 e. The van der Waals surface area contributed by atoms with Crippen LogP contribution in [-0.2, 0) is 19.1 Å². The number of Topliss-reactive ketones (excluding diaryl/α,β-unsaturated/α-hetero) is 2. The van der Waals surface area contributed by atoms with E-state index < -0.39 is 5.92 Å². The van der Waals surface area contributed by atoms with Crippen LogP contribution in [0.15, 0.2) is 46.8 Å². The molecular formula is C27H33NO5. The van der Waals surface area contributed by atoms with Crippen LogP contribution in [0.3, 0.4) is 0 Å². The molecule has 0 aromatic heterocycles. The van der Waals surface area contributed by atoms with Crippen LogP contribution in [0.1, 0.15) is 71.8 Å². The van der Waals surface area contributed by atoms with Gasteiger partial charge in [-0.15, -0.1) is 0 Å². The smallest absolute Gasteiger partial charge is 0.325 e. The Morgan fingerprint density at radius 2 is 1.48 bits per heavy atom. The van der Waals surface area contributed by atoms with E-state index in [-0.39, 0.29) is 47.3 Å². The van der Waals surface area contributed by atoms with E-state index in [1.54, 1.807) is 25.1 Å². The van der Waals surface area contributed by atoms with Gasteiger partial charge >= 0.3 is 5.97 Å². The van der Waals surface area contributed by atoms with Gasteiger partial charge in [0, 0.05) is 46.9 Å². The van der Waals surface area contributed by atoms with Crippen molar-refractivity contribution in [1.29, 1.82) is 0 Å². The van der Waals surface area contributed by atoms with Crippen molar-refractivity contribution in [2.45, 2.75) is 66.2 Å². The van der Waals surface area contributed by atoms with Crippen LogP contribution in [0, 0.1) is 10.8 Å². The fourth-order valence-corrected chi connectivity index (χ4v) is 5.62. The standard InChI is InChI=1S/C27H33NO5/c1-6-33-22(32)15-28-17-11-26(2,3)13-20(30)24(17)23(16-9-7-8-10-19(16)29)25-18(28)12-27(4,5)14-21(25)31/h7-10,23,29H,6,11-15H2,1-5H3. The molecule has 0 radical (unpaired) electrons. The molecule has 2 aliphatic carbocycles. The molecule has 0 saturated carbocycles. The summed E-state index contributed by atoms with van der Waals surface area (Å²) in [6.07, 6.45) is 1.91. The molecule has 0 bridgehead atoms. The topological polar surface area (TPSA) is 83.9 Å². The zero-order valence-electron chi connectivity index (χ0n) is 20.2. The Kier molecular flexibility index (Phi) is 5.75. The maximum Gasteiger partial charge on any atom is 0.325 e. The molecule has 0 spiro atoms. The Balaban J connectivity index is 1.99. The van der Waals surface area contributed by atoms with E-state index in [9.17, 15) is 19.5 Å². The summed E-state index contributed by atoms with van der Waals surface area (Å²) in [5.74, 6) is -1.01. The van der Waals surface area contributed by atoms with E-state index in [2.05, 4.69) is 0 Å². The predicted octanol–water partition coefficient (Wildman–Crippen LogP) is 4.64. The summed E-state index contributed by atoms with van der Waals surface area (Å²) in [4.78, 5) is 41.7. The second-order valence-corrected chi connectivity index (χ2v) is 11.0. The van der Waals surface area contributed by atoms with Crippen LogP contribution in [-0.4, -0.2) is 40.7 Å². The summed E-state index contributed by atoms with van der Waals surface area (Å²) in [5.41, 5.74) is 2.63. The molecule has 1 aromatic rings. The number of phenols is 1. The van der Waals surface area contributed by atoms with Gasteiger partial charge in [0.05, 0.1) is 6.61 Å². The zero-order chi connectivity index (χ0) is 24.1. The number of ether oxygens (including phenoxy) is 1. The number of carbonyl (C=O) groups excluding carboxylic acids is 3. The van der Waals surface area contributed by atoms with Crippen LogP contribution >= 0.6 is 0 Å². The van der Waals surface area contributed by atoms with Gasteiger partial charge in [0.15, 0.2) is 11.6 Å². The lowest BCUT2D eigenvalue weighted by atomic mass is 9.63. The summed E-state index contributed by atoms with van der Waals surface area (Å²) >= 11 is 0. The number of allylic oxidation sites excluding steroid dienone is 4. The predicted molar refractivity (Wildman–Crippen MR) is 124 cm³/mol. The number of hydrogen-bond acceptors (Lipinski definition) is 6. The van der Waals surface area contributed by atoms with Crippen LogP contribution < -0.4 is 0 Å². The van der Waals surface area contributed by atoms with Gasteiger partial charge in [-0.3, -0.25) is 14.4 Å². The van der Waals surface area contributed by atoms with Gasteiger partial charge in [0.2, 0.25) is 0 Å². The second kappa shape index (κ2) is 8.15.